The number of hydrogen-bond donors (Lipinski definition) is 4. The lowest BCUT2D eigenvalue weighted by Crippen LogP contribution is -2.31. The molecule has 1 amide bonds. The SMILES string of the molecule is NC(=O)c1cc(OCCc2ccccc2CNCC(O)COc2ccccc2-n2cccc2)ccc1O. The second kappa shape index (κ2) is 12.6. The number of aliphatic hydroxyl groups excluding tert-OH is 1. The molecule has 8 nitrogen and oxygen atoms in total. The zero-order chi connectivity index (χ0) is 26.0. The summed E-state index contributed by atoms with van der Waals surface area (Å²) in [5, 5.41) is 23.5. The molecular formula is C29H31N3O5. The van der Waals surface area contributed by atoms with Crippen LogP contribution in [0, 0.1) is 0 Å². The van der Waals surface area contributed by atoms with E-state index in [0.29, 0.717) is 37.6 Å². The number of para-hydroxylation sites is 2. The number of carbonyl (C=O) groups excluding carboxylic acids is 1. The Kier molecular flexibility index (Phi) is 8.80. The fraction of sp³-hybridized carbons (Fsp3) is 0.207. The number of carbonyl (C=O) groups is 1. The van der Waals surface area contributed by atoms with E-state index in [-0.39, 0.29) is 17.9 Å². The third kappa shape index (κ3) is 7.13. The predicted molar refractivity (Wildman–Crippen MR) is 141 cm³/mol. The normalized spacial score (nSPS) is 11.7. The first-order chi connectivity index (χ1) is 18.0. The largest absolute Gasteiger partial charge is 0.507 e. The molecule has 0 radical (unpaired) electrons. The van der Waals surface area contributed by atoms with Crippen LogP contribution in [0.15, 0.2) is 91.3 Å². The van der Waals surface area contributed by atoms with Crippen molar-refractivity contribution in [3.63, 3.8) is 0 Å². The molecule has 1 heterocycles. The molecule has 0 saturated heterocycles. The van der Waals surface area contributed by atoms with E-state index in [1.165, 1.54) is 12.1 Å². The number of phenols is 1. The summed E-state index contributed by atoms with van der Waals surface area (Å²) in [5.74, 6) is 0.286. The summed E-state index contributed by atoms with van der Waals surface area (Å²) in [7, 11) is 0. The first-order valence-corrected chi connectivity index (χ1v) is 12.1. The highest BCUT2D eigenvalue weighted by Crippen LogP contribution is 2.24. The number of aromatic nitrogens is 1. The van der Waals surface area contributed by atoms with Crippen molar-refractivity contribution in [2.45, 2.75) is 19.1 Å². The van der Waals surface area contributed by atoms with Crippen LogP contribution < -0.4 is 20.5 Å². The van der Waals surface area contributed by atoms with Crippen molar-refractivity contribution < 1.29 is 24.5 Å². The number of aliphatic hydroxyl groups is 1. The smallest absolute Gasteiger partial charge is 0.252 e. The lowest BCUT2D eigenvalue weighted by Gasteiger charge is -2.17. The van der Waals surface area contributed by atoms with Gasteiger partial charge in [-0.1, -0.05) is 36.4 Å². The Bertz CT molecular complexity index is 1310. The number of aromatic hydroxyl groups is 1. The van der Waals surface area contributed by atoms with Gasteiger partial charge in [0.05, 0.1) is 17.9 Å². The number of benzene rings is 3. The fourth-order valence-corrected chi connectivity index (χ4v) is 3.96. The van der Waals surface area contributed by atoms with E-state index in [2.05, 4.69) is 5.32 Å². The number of hydrogen-bond acceptors (Lipinski definition) is 6. The van der Waals surface area contributed by atoms with Crippen molar-refractivity contribution in [3.05, 3.63) is 108 Å². The molecule has 0 aliphatic heterocycles. The van der Waals surface area contributed by atoms with Gasteiger partial charge in [0.1, 0.15) is 30.0 Å². The molecule has 8 heteroatoms. The van der Waals surface area contributed by atoms with Gasteiger partial charge in [0, 0.05) is 31.9 Å². The van der Waals surface area contributed by atoms with Gasteiger partial charge in [-0.15, -0.1) is 0 Å². The van der Waals surface area contributed by atoms with E-state index < -0.39 is 12.0 Å². The zero-order valence-electron chi connectivity index (χ0n) is 20.4. The van der Waals surface area contributed by atoms with Crippen molar-refractivity contribution >= 4 is 5.91 Å². The summed E-state index contributed by atoms with van der Waals surface area (Å²) in [6, 6.07) is 24.0. The van der Waals surface area contributed by atoms with Crippen LogP contribution in [0.5, 0.6) is 17.2 Å². The van der Waals surface area contributed by atoms with Gasteiger partial charge >= 0.3 is 0 Å². The first-order valence-electron chi connectivity index (χ1n) is 12.1. The minimum absolute atomic E-state index is 0.0258. The third-order valence-electron chi connectivity index (χ3n) is 5.87. The first kappa shape index (κ1) is 25.8. The topological polar surface area (TPSA) is 119 Å². The van der Waals surface area contributed by atoms with Gasteiger partial charge in [-0.2, -0.15) is 0 Å². The van der Waals surface area contributed by atoms with Crippen LogP contribution >= 0.6 is 0 Å². The van der Waals surface area contributed by atoms with Gasteiger partial charge in [-0.05, 0) is 53.6 Å². The molecule has 5 N–H and O–H groups in total. The standard InChI is InChI=1S/C29H31N3O5/c30-29(35)25-17-24(11-12-27(25)34)36-16-13-21-7-1-2-8-22(21)18-31-19-23(33)20-37-28-10-4-3-9-26(28)32-14-5-6-15-32/h1-12,14-15,17,23,31,33-34H,13,16,18-20H2,(H2,30,35). The molecule has 0 bridgehead atoms. The lowest BCUT2D eigenvalue weighted by atomic mass is 10.0. The fourth-order valence-electron chi connectivity index (χ4n) is 3.96. The number of nitrogens with two attached hydrogens (primary N) is 1. The number of nitrogens with one attached hydrogen (secondary N) is 1. The average molecular weight is 502 g/mol. The Balaban J connectivity index is 1.24. The molecule has 0 spiro atoms. The monoisotopic (exact) mass is 501 g/mol. The van der Waals surface area contributed by atoms with Crippen LogP contribution in [0.4, 0.5) is 0 Å². The Morgan fingerprint density at radius 3 is 2.46 bits per heavy atom. The number of ether oxygens (including phenoxy) is 2. The quantitative estimate of drug-likeness (QED) is 0.223. The molecule has 3 aromatic carbocycles. The number of amides is 1. The second-order valence-corrected chi connectivity index (χ2v) is 8.56. The van der Waals surface area contributed by atoms with Gasteiger partial charge in [0.25, 0.3) is 5.91 Å². The van der Waals surface area contributed by atoms with Crippen LogP contribution in [-0.2, 0) is 13.0 Å². The van der Waals surface area contributed by atoms with Crippen LogP contribution in [0.1, 0.15) is 21.5 Å². The Morgan fingerprint density at radius 1 is 0.946 bits per heavy atom. The molecule has 4 rings (SSSR count). The molecule has 0 aliphatic rings. The highest BCUT2D eigenvalue weighted by molar-refractivity contribution is 5.95. The maximum absolute atomic E-state index is 11.4. The van der Waals surface area contributed by atoms with E-state index in [9.17, 15) is 15.0 Å². The minimum Gasteiger partial charge on any atom is -0.507 e. The highest BCUT2D eigenvalue weighted by atomic mass is 16.5. The molecule has 1 atom stereocenters. The lowest BCUT2D eigenvalue weighted by molar-refractivity contribution is 0.0997. The summed E-state index contributed by atoms with van der Waals surface area (Å²) < 4.78 is 13.6. The summed E-state index contributed by atoms with van der Waals surface area (Å²) in [4.78, 5) is 11.4. The van der Waals surface area contributed by atoms with Crippen LogP contribution in [0.2, 0.25) is 0 Å². The van der Waals surface area contributed by atoms with Gasteiger partial charge in [-0.25, -0.2) is 0 Å². The van der Waals surface area contributed by atoms with E-state index in [1.54, 1.807) is 6.07 Å². The number of primary amides is 1. The maximum atomic E-state index is 11.4. The molecule has 1 unspecified atom stereocenters. The van der Waals surface area contributed by atoms with Crippen LogP contribution in [0.3, 0.4) is 0 Å². The van der Waals surface area contributed by atoms with Crippen molar-refractivity contribution in [1.82, 2.24) is 9.88 Å². The van der Waals surface area contributed by atoms with Gasteiger partial charge < -0.3 is 35.3 Å². The molecule has 0 saturated carbocycles. The van der Waals surface area contributed by atoms with Crippen LogP contribution in [0.25, 0.3) is 5.69 Å². The molecule has 0 aliphatic carbocycles. The molecule has 0 fully saturated rings. The summed E-state index contributed by atoms with van der Waals surface area (Å²) >= 11 is 0. The van der Waals surface area contributed by atoms with Crippen molar-refractivity contribution in [2.24, 2.45) is 5.73 Å². The minimum atomic E-state index is -0.711. The molecule has 37 heavy (non-hydrogen) atoms. The van der Waals surface area contributed by atoms with Crippen molar-refractivity contribution in [1.29, 1.82) is 0 Å². The van der Waals surface area contributed by atoms with Gasteiger partial charge in [0.15, 0.2) is 0 Å². The third-order valence-corrected chi connectivity index (χ3v) is 5.87. The summed E-state index contributed by atoms with van der Waals surface area (Å²) in [6.07, 6.45) is 3.87. The van der Waals surface area contributed by atoms with E-state index in [0.717, 1.165) is 16.8 Å². The van der Waals surface area contributed by atoms with Gasteiger partial charge in [0.2, 0.25) is 0 Å². The summed E-state index contributed by atoms with van der Waals surface area (Å²) in [6.45, 7) is 1.51. The molecule has 1 aromatic heterocycles. The van der Waals surface area contributed by atoms with Crippen molar-refractivity contribution in [3.8, 4) is 22.9 Å². The average Bonchev–Trinajstić information content (AvgIpc) is 3.44. The van der Waals surface area contributed by atoms with E-state index >= 15 is 0 Å². The maximum Gasteiger partial charge on any atom is 0.252 e. The Labute approximate surface area is 215 Å². The van der Waals surface area contributed by atoms with Gasteiger partial charge in [-0.3, -0.25) is 4.79 Å². The zero-order valence-corrected chi connectivity index (χ0v) is 20.4. The highest BCUT2D eigenvalue weighted by Gasteiger charge is 2.11. The van der Waals surface area contributed by atoms with E-state index in [1.807, 2.05) is 77.6 Å². The van der Waals surface area contributed by atoms with Crippen LogP contribution in [-0.4, -0.2) is 46.5 Å². The Morgan fingerprint density at radius 2 is 1.68 bits per heavy atom. The van der Waals surface area contributed by atoms with Crippen molar-refractivity contribution in [2.75, 3.05) is 19.8 Å². The molecular weight excluding hydrogens is 470 g/mol. The summed E-state index contributed by atoms with van der Waals surface area (Å²) in [5.41, 5.74) is 8.43. The molecule has 192 valence electrons. The second-order valence-electron chi connectivity index (χ2n) is 8.56. The van der Waals surface area contributed by atoms with E-state index in [4.69, 9.17) is 15.2 Å². The number of nitrogens with zero attached hydrogens (tertiary/aromatic N) is 1. The number of rotatable bonds is 13. The predicted octanol–water partition coefficient (Wildman–Crippen LogP) is 3.43. The Hall–Kier alpha value is -4.27. The molecule has 4 aromatic rings.